The maximum Gasteiger partial charge on any atom is 0.302 e. The predicted octanol–water partition coefficient (Wildman–Crippen LogP) is 5.58. The third-order valence-corrected chi connectivity index (χ3v) is 10.0. The van der Waals surface area contributed by atoms with E-state index in [0.29, 0.717) is 15.5 Å². The third-order valence-electron chi connectivity index (χ3n) is 10.0. The molecule has 3 amide bonds. The fraction of sp³-hybridized carbons (Fsp3) is 0.529. The Morgan fingerprint density at radius 2 is 1.01 bits per heavy atom. The first kappa shape index (κ1) is 21.5. The first-order chi connectivity index (χ1) is 49.5. The fourth-order valence-electron chi connectivity index (χ4n) is 6.71. The van der Waals surface area contributed by atoms with Crippen molar-refractivity contribution in [2.45, 2.75) is 78.6 Å². The van der Waals surface area contributed by atoms with E-state index in [1.807, 2.05) is 0 Å². The molecule has 9 rings (SSSR count). The van der Waals surface area contributed by atoms with E-state index in [-0.39, 0.29) is 73.3 Å². The van der Waals surface area contributed by atoms with Gasteiger partial charge < -0.3 is 58.9 Å². The molecule has 0 radical (unpaired) electrons. The summed E-state index contributed by atoms with van der Waals surface area (Å²) in [6.07, 6.45) is -12.8. The van der Waals surface area contributed by atoms with Crippen molar-refractivity contribution in [1.29, 1.82) is 0 Å². The van der Waals surface area contributed by atoms with Gasteiger partial charge in [-0.15, -0.1) is 0 Å². The Morgan fingerprint density at radius 3 is 1.42 bits per heavy atom. The Morgan fingerprint density at radius 1 is 0.639 bits per heavy atom. The number of carbonyl (C=O) groups excluding carboxylic acids is 3. The monoisotopic (exact) mass is 1020 g/mol. The van der Waals surface area contributed by atoms with Crippen molar-refractivity contribution in [2.75, 3.05) is 94.3 Å². The molecule has 6 aromatic rings. The van der Waals surface area contributed by atoms with E-state index in [9.17, 15) is 17.1 Å². The maximum absolute atomic E-state index is 13.1. The number of aryl methyl sites for hydroxylation is 3. The molecule has 0 bridgehead atoms. The lowest BCUT2D eigenvalue weighted by Crippen LogP contribution is -2.53. The van der Waals surface area contributed by atoms with E-state index in [1.54, 1.807) is 0 Å². The quantitative estimate of drug-likeness (QED) is 0.152. The van der Waals surface area contributed by atoms with Gasteiger partial charge in [0.05, 0.1) is 49.3 Å². The molecule has 0 unspecified atom stereocenters. The molecule has 3 aliphatic rings. The van der Waals surface area contributed by atoms with Crippen LogP contribution in [0.3, 0.4) is 0 Å². The summed E-state index contributed by atoms with van der Waals surface area (Å²) in [4.78, 5) is 78.2. The van der Waals surface area contributed by atoms with Crippen LogP contribution in [0.5, 0.6) is 0 Å². The Balaban J connectivity index is 0.000000231. The predicted molar refractivity (Wildman–Crippen MR) is 278 cm³/mol. The van der Waals surface area contributed by atoms with Crippen molar-refractivity contribution in [3.63, 3.8) is 0 Å². The molecule has 378 valence electrons. The SMILES string of the molecule is [2H]c1nc(N(C)[C@H]2C([2H])([2H])N(C(=O)C([2H])([2H])[N+]#[C-])C([2H])([2H])C([2H])([2H])[C@@]2([2H])C([2H])([2H])[2H])c2c([2H])c(C)[nH]c2n1.[2H]c1nc(N(C)[C@]2([2H])[C@H](C([2H])([2H])[2H])C([2H])([2H])C([2H])([2H])N(C(=O)C([2H])([2H])[N+]#[C-])C2([2H])[2H])c2c([2H])c(C)[nH]c2n1.[2H]c1nc(N(C)[C@]2([2H])[C@H](C)C([2H])([2H])C([2H])([2H])N(C(=O)C([2H])([2H])[N+]#[C-])C2([2H])[2H])c2c([2H])c(C)[nH]c2n1. The number of hydrogen-bond acceptors (Lipinski definition) is 12. The minimum absolute atomic E-state index is 0.0147. The standard InChI is InChI=1S/3C17H22N6O/c3*1-11-5-6-23(15(24)8-18-3)9-14(11)22(4)17-13-7-12(2)21-16(13)19-10-20-17/h3*7,10-11,14H,5-6,8-9H2,1-2,4H3,(H,19,20,21)/t3*11-,14+/m111/s1/i1D3,5D2,6D2,7D,8D2,9D2,10D,14D;1D3,5D2,6D2,7D,8D2,9D2,10D,11D;5D2,6D2,7D,8D2,9D2,10D,14D. The number of fused-ring (bicyclic) bond motifs is 3. The van der Waals surface area contributed by atoms with Crippen LogP contribution in [0.2, 0.25) is 0 Å². The highest BCUT2D eigenvalue weighted by molar-refractivity contribution is 5.90. The van der Waals surface area contributed by atoms with Gasteiger partial charge in [0, 0.05) is 103 Å². The van der Waals surface area contributed by atoms with Crippen LogP contribution in [0.4, 0.5) is 17.5 Å². The average Bonchev–Trinajstić information content (AvgIpc) is 0.958. The maximum atomic E-state index is 13.1. The molecular formula is C51H66N18O3. The summed E-state index contributed by atoms with van der Waals surface area (Å²) in [5, 5.41) is -0.372. The molecule has 21 heteroatoms. The minimum Gasteiger partial charge on any atom is -0.354 e. The van der Waals surface area contributed by atoms with Gasteiger partial charge in [0.1, 0.15) is 65.6 Å². The average molecular weight is 1020 g/mol. The molecule has 0 aliphatic carbocycles. The molecule has 3 saturated heterocycles. The number of aromatic nitrogens is 9. The van der Waals surface area contributed by atoms with Crippen LogP contribution in [0.25, 0.3) is 47.6 Å². The second kappa shape index (κ2) is 22.9. The molecule has 6 aromatic heterocycles. The molecular weight excluding hydrogens is 913 g/mol. The van der Waals surface area contributed by atoms with E-state index < -0.39 is 185 Å². The van der Waals surface area contributed by atoms with E-state index >= 15 is 0 Å². The van der Waals surface area contributed by atoms with E-state index in [4.69, 9.17) is 70.4 Å². The highest BCUT2D eigenvalue weighted by Crippen LogP contribution is 2.32. The second-order valence-electron chi connectivity index (χ2n) is 14.9. The molecule has 0 spiro atoms. The molecule has 9 heterocycles. The van der Waals surface area contributed by atoms with Crippen molar-refractivity contribution >= 4 is 68.3 Å². The van der Waals surface area contributed by atoms with Gasteiger partial charge in [-0.05, 0) is 75.7 Å². The Kier molecular flexibility index (Phi) is 6.83. The number of likely N-dealkylation sites (N-methyl/N-ethyl adjacent to an activating group) is 3. The Bertz CT molecular complexity index is 4900. The van der Waals surface area contributed by atoms with Gasteiger partial charge in [-0.2, -0.15) is 0 Å². The number of anilines is 3. The Hall–Kier alpha value is -7.86. The summed E-state index contributed by atoms with van der Waals surface area (Å²) in [6.45, 7) is -13.9. The van der Waals surface area contributed by atoms with Gasteiger partial charge >= 0.3 is 17.7 Å². The molecule has 6 atom stereocenters. The summed E-state index contributed by atoms with van der Waals surface area (Å²) in [6, 6.07) is -9.71. The largest absolute Gasteiger partial charge is 0.354 e. The molecule has 3 aliphatic heterocycles. The topological polar surface area (TPSA) is 208 Å². The van der Waals surface area contributed by atoms with Crippen molar-refractivity contribution in [2.24, 2.45) is 17.7 Å². The number of likely N-dealkylation sites (tertiary alicyclic amines) is 3. The summed E-state index contributed by atoms with van der Waals surface area (Å²) in [5.41, 5.74) is 0.574. The number of rotatable bonds is 9. The number of H-pyrrole nitrogens is 3. The first-order valence-corrected chi connectivity index (χ1v) is 20.5. The van der Waals surface area contributed by atoms with Crippen molar-refractivity contribution in [3.8, 4) is 0 Å². The van der Waals surface area contributed by atoms with Crippen LogP contribution < -0.4 is 14.7 Å². The highest BCUT2D eigenvalue weighted by atomic mass is 16.2. The van der Waals surface area contributed by atoms with Crippen LogP contribution in [-0.4, -0.2) is 175 Å². The molecule has 21 nitrogen and oxygen atoms in total. The lowest BCUT2D eigenvalue weighted by atomic mass is 9.92. The van der Waals surface area contributed by atoms with Gasteiger partial charge in [-0.25, -0.2) is 49.6 Å². The number of amides is 3. The number of nitrogens with one attached hydrogen (secondary N) is 3. The number of aromatic amines is 3. The third kappa shape index (κ3) is 11.5. The number of piperidine rings is 3. The van der Waals surface area contributed by atoms with Gasteiger partial charge in [-0.1, -0.05) is 20.6 Å². The first-order valence-electron chi connectivity index (χ1n) is 40.0. The zero-order chi connectivity index (χ0) is 86.3. The van der Waals surface area contributed by atoms with E-state index in [0.717, 1.165) is 33.0 Å². The molecule has 3 fully saturated rings. The molecule has 3 N–H and O–H groups in total. The van der Waals surface area contributed by atoms with Crippen molar-refractivity contribution < 1.29 is 67.8 Å². The second-order valence-corrected chi connectivity index (χ2v) is 14.9. The molecule has 72 heavy (non-hydrogen) atoms. The normalized spacial score (nSPS) is 39.1. The number of carbonyl (C=O) groups is 3. The van der Waals surface area contributed by atoms with Crippen LogP contribution >= 0.6 is 0 Å². The number of nitrogens with zero attached hydrogens (tertiary/aromatic N) is 15. The van der Waals surface area contributed by atoms with Gasteiger partial charge in [0.25, 0.3) is 19.5 Å². The summed E-state index contributed by atoms with van der Waals surface area (Å²) in [5.74, 6) is -16.1. The highest BCUT2D eigenvalue weighted by Gasteiger charge is 2.36. The molecule has 0 aromatic carbocycles. The molecule has 0 saturated carbocycles. The minimum atomic E-state index is -3.95. The van der Waals surface area contributed by atoms with Crippen molar-refractivity contribution in [3.05, 3.63) is 88.4 Å². The van der Waals surface area contributed by atoms with E-state index in [1.165, 1.54) is 20.8 Å². The van der Waals surface area contributed by atoms with Crippen LogP contribution in [-0.2, 0) is 14.4 Å². The van der Waals surface area contributed by atoms with Gasteiger partial charge in [-0.3, -0.25) is 14.4 Å². The fourth-order valence-corrected chi connectivity index (χ4v) is 6.71. The lowest BCUT2D eigenvalue weighted by Gasteiger charge is -2.41. The van der Waals surface area contributed by atoms with Gasteiger partial charge in [0.15, 0.2) is 0 Å². The summed E-state index contributed by atoms with van der Waals surface area (Å²) >= 11 is 0. The van der Waals surface area contributed by atoms with Crippen LogP contribution in [0, 0.1) is 58.2 Å². The number of hydrogen-bond donors (Lipinski definition) is 3. The summed E-state index contributed by atoms with van der Waals surface area (Å²) in [7, 11) is 2.98. The van der Waals surface area contributed by atoms with Gasteiger partial charge in [0.2, 0.25) is 0 Å². The zero-order valence-corrected chi connectivity index (χ0v) is 38.7. The van der Waals surface area contributed by atoms with Crippen LogP contribution in [0.1, 0.15) is 110 Å². The van der Waals surface area contributed by atoms with Crippen molar-refractivity contribution in [1.82, 2.24) is 59.6 Å². The summed E-state index contributed by atoms with van der Waals surface area (Å²) < 4.78 is 323. The smallest absolute Gasteiger partial charge is 0.302 e. The van der Waals surface area contributed by atoms with Crippen LogP contribution in [0.15, 0.2) is 37.0 Å². The lowest BCUT2D eigenvalue weighted by molar-refractivity contribution is -0.131. The zero-order valence-electron chi connectivity index (χ0n) is 77.7. The Labute approximate surface area is 475 Å². The van der Waals surface area contributed by atoms with E-state index in [2.05, 4.69) is 59.4 Å².